The summed E-state index contributed by atoms with van der Waals surface area (Å²) in [6, 6.07) is 0. The molecule has 2 nitrogen and oxygen atoms in total. The minimum Gasteiger partial charge on any atom is -0.381 e. The summed E-state index contributed by atoms with van der Waals surface area (Å²) < 4.78 is 5.02. The summed E-state index contributed by atoms with van der Waals surface area (Å²) >= 11 is 0. The van der Waals surface area contributed by atoms with Gasteiger partial charge in [-0.3, -0.25) is 0 Å². The Labute approximate surface area is 54.8 Å². The molecule has 0 aromatic carbocycles. The zero-order valence-corrected chi connectivity index (χ0v) is 5.21. The summed E-state index contributed by atoms with van der Waals surface area (Å²) in [7, 11) is 0. The van der Waals surface area contributed by atoms with Crippen LogP contribution in [-0.2, 0) is 4.74 Å². The summed E-state index contributed by atoms with van der Waals surface area (Å²) in [4.78, 5) is 0. The van der Waals surface area contributed by atoms with Crippen LogP contribution in [0.4, 0.5) is 0 Å². The van der Waals surface area contributed by atoms with E-state index in [9.17, 15) is 0 Å². The summed E-state index contributed by atoms with van der Waals surface area (Å²) in [6.45, 7) is 1.36. The summed E-state index contributed by atoms with van der Waals surface area (Å²) in [5, 5.41) is 9.04. The van der Waals surface area contributed by atoms with Gasteiger partial charge in [-0.05, 0) is 6.42 Å². The second-order valence-corrected chi connectivity index (χ2v) is 2.24. The first kappa shape index (κ1) is 6.60. The van der Waals surface area contributed by atoms with Crippen molar-refractivity contribution in [2.24, 2.45) is 5.92 Å². The van der Waals surface area contributed by atoms with Gasteiger partial charge in [-0.15, -0.1) is 6.42 Å². The summed E-state index contributed by atoms with van der Waals surface area (Å²) in [5.74, 6) is 2.46. The second-order valence-electron chi connectivity index (χ2n) is 2.24. The zero-order chi connectivity index (χ0) is 6.69. The minimum absolute atomic E-state index is 0.176. The third-order valence-electron chi connectivity index (χ3n) is 1.58. The predicted molar refractivity (Wildman–Crippen MR) is 33.8 cm³/mol. The van der Waals surface area contributed by atoms with Gasteiger partial charge in [0.1, 0.15) is 6.10 Å². The average molecular weight is 126 g/mol. The number of hydrogen-bond donors (Lipinski definition) is 1. The van der Waals surface area contributed by atoms with Gasteiger partial charge < -0.3 is 9.84 Å². The molecule has 0 aliphatic carbocycles. The van der Waals surface area contributed by atoms with Gasteiger partial charge in [-0.25, -0.2) is 0 Å². The Morgan fingerprint density at radius 1 is 1.78 bits per heavy atom. The van der Waals surface area contributed by atoms with Crippen LogP contribution in [0.2, 0.25) is 0 Å². The quantitative estimate of drug-likeness (QED) is 0.502. The highest BCUT2D eigenvalue weighted by molar-refractivity contribution is 4.97. The lowest BCUT2D eigenvalue weighted by Crippen LogP contribution is -2.17. The Bertz CT molecular complexity index is 119. The van der Waals surface area contributed by atoms with Crippen molar-refractivity contribution in [2.45, 2.75) is 12.5 Å². The SMILES string of the molecule is C#CC(O)C1CCOC1. The molecular formula is C7H10O2. The van der Waals surface area contributed by atoms with Gasteiger partial charge in [-0.2, -0.15) is 0 Å². The normalized spacial score (nSPS) is 29.6. The van der Waals surface area contributed by atoms with Crippen LogP contribution in [-0.4, -0.2) is 24.4 Å². The van der Waals surface area contributed by atoms with Crippen LogP contribution in [0, 0.1) is 18.3 Å². The van der Waals surface area contributed by atoms with Crippen molar-refractivity contribution in [3.05, 3.63) is 0 Å². The van der Waals surface area contributed by atoms with E-state index in [1.165, 1.54) is 0 Å². The standard InChI is InChI=1S/C7H10O2/c1-2-7(8)6-3-4-9-5-6/h1,6-8H,3-5H2. The molecule has 0 amide bonds. The largest absolute Gasteiger partial charge is 0.381 e. The van der Waals surface area contributed by atoms with Crippen molar-refractivity contribution in [1.82, 2.24) is 0 Å². The Hall–Kier alpha value is -0.520. The smallest absolute Gasteiger partial charge is 0.119 e. The van der Waals surface area contributed by atoms with Gasteiger partial charge in [0.2, 0.25) is 0 Å². The Kier molecular flexibility index (Phi) is 2.10. The van der Waals surface area contributed by atoms with Crippen LogP contribution in [0.1, 0.15) is 6.42 Å². The molecule has 1 saturated heterocycles. The molecular weight excluding hydrogens is 116 g/mol. The fraction of sp³-hybridized carbons (Fsp3) is 0.714. The van der Waals surface area contributed by atoms with E-state index >= 15 is 0 Å². The van der Waals surface area contributed by atoms with E-state index in [-0.39, 0.29) is 5.92 Å². The lowest BCUT2D eigenvalue weighted by molar-refractivity contribution is 0.130. The number of terminal acetylenes is 1. The van der Waals surface area contributed by atoms with Gasteiger partial charge in [-0.1, -0.05) is 5.92 Å². The van der Waals surface area contributed by atoms with Crippen LogP contribution < -0.4 is 0 Å². The van der Waals surface area contributed by atoms with E-state index in [2.05, 4.69) is 5.92 Å². The molecule has 0 radical (unpaired) electrons. The van der Waals surface area contributed by atoms with Gasteiger partial charge in [0, 0.05) is 12.5 Å². The van der Waals surface area contributed by atoms with Crippen molar-refractivity contribution in [1.29, 1.82) is 0 Å². The highest BCUT2D eigenvalue weighted by atomic mass is 16.5. The Balaban J connectivity index is 2.34. The molecule has 2 heteroatoms. The minimum atomic E-state index is -0.604. The maximum atomic E-state index is 9.04. The molecule has 1 rings (SSSR count). The molecule has 0 saturated carbocycles. The lowest BCUT2D eigenvalue weighted by Gasteiger charge is -2.07. The predicted octanol–water partition coefficient (Wildman–Crippen LogP) is 0.0170. The lowest BCUT2D eigenvalue weighted by atomic mass is 10.0. The fourth-order valence-corrected chi connectivity index (χ4v) is 0.938. The third-order valence-corrected chi connectivity index (χ3v) is 1.58. The topological polar surface area (TPSA) is 29.5 Å². The first-order chi connectivity index (χ1) is 4.34. The molecule has 0 aromatic rings. The van der Waals surface area contributed by atoms with Gasteiger partial charge in [0.25, 0.3) is 0 Å². The molecule has 1 N–H and O–H groups in total. The fourth-order valence-electron chi connectivity index (χ4n) is 0.938. The molecule has 1 aliphatic heterocycles. The number of ether oxygens (including phenoxy) is 1. The first-order valence-corrected chi connectivity index (χ1v) is 3.06. The van der Waals surface area contributed by atoms with Gasteiger partial charge in [0.15, 0.2) is 0 Å². The Morgan fingerprint density at radius 3 is 3.00 bits per heavy atom. The summed E-state index contributed by atoms with van der Waals surface area (Å²) in [6.07, 6.45) is 5.29. The molecule has 0 spiro atoms. The molecule has 0 aromatic heterocycles. The highest BCUT2D eigenvalue weighted by Crippen LogP contribution is 2.15. The Morgan fingerprint density at radius 2 is 2.56 bits per heavy atom. The van der Waals surface area contributed by atoms with Crippen molar-refractivity contribution in [3.8, 4) is 12.3 Å². The van der Waals surface area contributed by atoms with E-state index in [4.69, 9.17) is 16.3 Å². The highest BCUT2D eigenvalue weighted by Gasteiger charge is 2.21. The molecule has 0 bridgehead atoms. The molecule has 50 valence electrons. The number of aliphatic hydroxyl groups excluding tert-OH is 1. The zero-order valence-electron chi connectivity index (χ0n) is 5.21. The van der Waals surface area contributed by atoms with E-state index in [0.29, 0.717) is 6.61 Å². The number of aliphatic hydroxyl groups is 1. The van der Waals surface area contributed by atoms with Crippen LogP contribution >= 0.6 is 0 Å². The van der Waals surface area contributed by atoms with E-state index in [0.717, 1.165) is 13.0 Å². The molecule has 2 unspecified atom stereocenters. The van der Waals surface area contributed by atoms with Gasteiger partial charge in [0.05, 0.1) is 6.61 Å². The van der Waals surface area contributed by atoms with Crippen LogP contribution in [0.5, 0.6) is 0 Å². The van der Waals surface area contributed by atoms with Crippen LogP contribution in [0.3, 0.4) is 0 Å². The van der Waals surface area contributed by atoms with Crippen molar-refractivity contribution in [2.75, 3.05) is 13.2 Å². The van der Waals surface area contributed by atoms with Crippen molar-refractivity contribution in [3.63, 3.8) is 0 Å². The van der Waals surface area contributed by atoms with Crippen LogP contribution in [0.15, 0.2) is 0 Å². The van der Waals surface area contributed by atoms with E-state index < -0.39 is 6.10 Å². The number of rotatable bonds is 1. The van der Waals surface area contributed by atoms with Crippen LogP contribution in [0.25, 0.3) is 0 Å². The molecule has 9 heavy (non-hydrogen) atoms. The maximum Gasteiger partial charge on any atom is 0.119 e. The number of hydrogen-bond acceptors (Lipinski definition) is 2. The second kappa shape index (κ2) is 2.86. The van der Waals surface area contributed by atoms with E-state index in [1.807, 2.05) is 0 Å². The molecule has 1 fully saturated rings. The molecule has 1 heterocycles. The summed E-state index contributed by atoms with van der Waals surface area (Å²) in [5.41, 5.74) is 0. The maximum absolute atomic E-state index is 9.04. The molecule has 2 atom stereocenters. The van der Waals surface area contributed by atoms with E-state index in [1.54, 1.807) is 0 Å². The third kappa shape index (κ3) is 1.44. The monoisotopic (exact) mass is 126 g/mol. The van der Waals surface area contributed by atoms with Crippen molar-refractivity contribution >= 4 is 0 Å². The van der Waals surface area contributed by atoms with Gasteiger partial charge >= 0.3 is 0 Å². The van der Waals surface area contributed by atoms with Crippen molar-refractivity contribution < 1.29 is 9.84 Å². The average Bonchev–Trinajstić information content (AvgIpc) is 2.37. The molecule has 1 aliphatic rings. The first-order valence-electron chi connectivity index (χ1n) is 3.06.